The lowest BCUT2D eigenvalue weighted by Gasteiger charge is -2.44. The summed E-state index contributed by atoms with van der Waals surface area (Å²) in [7, 11) is 1.43. The van der Waals surface area contributed by atoms with E-state index in [0.717, 1.165) is 12.1 Å². The molecule has 3 rings (SSSR count). The lowest BCUT2D eigenvalue weighted by molar-refractivity contribution is -0.159. The Morgan fingerprint density at radius 1 is 1.29 bits per heavy atom. The summed E-state index contributed by atoms with van der Waals surface area (Å²) in [5.74, 6) is -6.17. The maximum Gasteiger partial charge on any atom is 0.273 e. The van der Waals surface area contributed by atoms with Crippen LogP contribution >= 0.6 is 11.6 Å². The molecule has 1 fully saturated rings. The molecule has 0 spiro atoms. The number of aromatic nitrogens is 1. The second-order valence-electron chi connectivity index (χ2n) is 8.03. The lowest BCUT2D eigenvalue weighted by Crippen LogP contribution is -2.45. The number of amides is 1. The van der Waals surface area contributed by atoms with Crippen molar-refractivity contribution < 1.29 is 27.6 Å². The number of ketones is 2. The minimum Gasteiger partial charge on any atom is -0.345 e. The molecule has 0 radical (unpaired) electrons. The molecule has 1 aromatic heterocycles. The largest absolute Gasteiger partial charge is 0.345 e. The Morgan fingerprint density at radius 2 is 1.94 bits per heavy atom. The van der Waals surface area contributed by atoms with Gasteiger partial charge in [0, 0.05) is 38.2 Å². The number of Topliss-reactive ketones (excluding diaryl/α,β-unsaturated/α-hetero) is 2. The van der Waals surface area contributed by atoms with Gasteiger partial charge in [-0.3, -0.25) is 14.4 Å². The molecule has 1 N–H and O–H groups in total. The molecule has 10 heteroatoms. The number of carbonyl (C=O) groups excluding carboxylic acids is 3. The standard InChI is InChI=1S/C21H17ClF3N3O3/c1-20(9-21(24,25)10-20)6-15(29)18(30)13-8-28(2)17(16(13)22)19(31)27-12-3-4-14(23)11(5-12)7-26/h3-5,8H,6,9-10H2,1-2H3,(H,27,31). The number of halogens is 4. The molecular weight excluding hydrogens is 435 g/mol. The van der Waals surface area contributed by atoms with Crippen LogP contribution in [0, 0.1) is 22.6 Å². The summed E-state index contributed by atoms with van der Waals surface area (Å²) in [5, 5.41) is 11.1. The number of aryl methyl sites for hydroxylation is 1. The highest BCUT2D eigenvalue weighted by molar-refractivity contribution is 6.48. The van der Waals surface area contributed by atoms with Crippen LogP contribution in [0.15, 0.2) is 24.4 Å². The molecule has 0 bridgehead atoms. The van der Waals surface area contributed by atoms with Gasteiger partial charge in [-0.1, -0.05) is 18.5 Å². The van der Waals surface area contributed by atoms with Crippen LogP contribution in [-0.4, -0.2) is 28.0 Å². The number of hydrogen-bond acceptors (Lipinski definition) is 4. The first-order chi connectivity index (χ1) is 14.4. The molecule has 1 amide bonds. The van der Waals surface area contributed by atoms with Gasteiger partial charge in [0.05, 0.1) is 16.1 Å². The Bertz CT molecular complexity index is 1140. The molecule has 0 saturated heterocycles. The average molecular weight is 452 g/mol. The van der Waals surface area contributed by atoms with Crippen LogP contribution in [0.2, 0.25) is 5.02 Å². The third kappa shape index (κ3) is 4.49. The summed E-state index contributed by atoms with van der Waals surface area (Å²) in [6.45, 7) is 1.51. The Hall–Kier alpha value is -3.12. The molecule has 1 heterocycles. The summed E-state index contributed by atoms with van der Waals surface area (Å²) >= 11 is 6.19. The quantitative estimate of drug-likeness (QED) is 0.516. The highest BCUT2D eigenvalue weighted by Crippen LogP contribution is 2.53. The molecule has 0 atom stereocenters. The van der Waals surface area contributed by atoms with Crippen molar-refractivity contribution in [3.8, 4) is 6.07 Å². The number of benzene rings is 1. The molecule has 1 aliphatic rings. The van der Waals surface area contributed by atoms with E-state index < -0.39 is 47.5 Å². The first kappa shape index (κ1) is 22.6. The van der Waals surface area contributed by atoms with E-state index >= 15 is 0 Å². The molecule has 2 aromatic rings. The van der Waals surface area contributed by atoms with Crippen molar-refractivity contribution in [1.29, 1.82) is 5.26 Å². The van der Waals surface area contributed by atoms with Crippen molar-refractivity contribution in [1.82, 2.24) is 4.57 Å². The first-order valence-corrected chi connectivity index (χ1v) is 9.55. The zero-order valence-electron chi connectivity index (χ0n) is 16.6. The highest BCUT2D eigenvalue weighted by Gasteiger charge is 2.54. The van der Waals surface area contributed by atoms with Crippen LogP contribution in [0.1, 0.15) is 52.6 Å². The van der Waals surface area contributed by atoms with Crippen LogP contribution in [0.3, 0.4) is 0 Å². The topological polar surface area (TPSA) is 92.0 Å². The number of nitriles is 1. The number of carbonyl (C=O) groups is 3. The van der Waals surface area contributed by atoms with Gasteiger partial charge < -0.3 is 9.88 Å². The Balaban J connectivity index is 1.78. The van der Waals surface area contributed by atoms with Gasteiger partial charge in [-0.05, 0) is 23.6 Å². The fraction of sp³-hybridized carbons (Fsp3) is 0.333. The lowest BCUT2D eigenvalue weighted by atomic mass is 9.64. The molecule has 1 aromatic carbocycles. The summed E-state index contributed by atoms with van der Waals surface area (Å²) in [5.41, 5.74) is -1.46. The number of nitrogens with zero attached hydrogens (tertiary/aromatic N) is 2. The minimum atomic E-state index is -2.83. The molecule has 162 valence electrons. The normalized spacial score (nSPS) is 16.2. The zero-order chi connectivity index (χ0) is 23.1. The second-order valence-corrected chi connectivity index (χ2v) is 8.40. The maximum absolute atomic E-state index is 13.4. The number of rotatable bonds is 6. The van der Waals surface area contributed by atoms with Gasteiger partial charge in [-0.25, -0.2) is 13.2 Å². The number of hydrogen-bond donors (Lipinski definition) is 1. The second kappa shape index (κ2) is 7.85. The minimum absolute atomic E-state index is 0.128. The van der Waals surface area contributed by atoms with Crippen LogP contribution in [0.25, 0.3) is 0 Å². The fourth-order valence-electron chi connectivity index (χ4n) is 3.83. The van der Waals surface area contributed by atoms with Gasteiger partial charge >= 0.3 is 0 Å². The van der Waals surface area contributed by atoms with Gasteiger partial charge in [0.2, 0.25) is 17.5 Å². The van der Waals surface area contributed by atoms with Crippen LogP contribution < -0.4 is 5.32 Å². The van der Waals surface area contributed by atoms with E-state index in [1.807, 2.05) is 0 Å². The highest BCUT2D eigenvalue weighted by atomic mass is 35.5. The van der Waals surface area contributed by atoms with Crippen LogP contribution in [-0.2, 0) is 11.8 Å². The van der Waals surface area contributed by atoms with Crippen molar-refractivity contribution in [3.05, 3.63) is 52.1 Å². The first-order valence-electron chi connectivity index (χ1n) is 9.17. The fourth-order valence-corrected chi connectivity index (χ4v) is 4.19. The molecule has 1 saturated carbocycles. The third-order valence-electron chi connectivity index (χ3n) is 5.14. The van der Waals surface area contributed by atoms with E-state index in [2.05, 4.69) is 5.32 Å². The van der Waals surface area contributed by atoms with Crippen LogP contribution in [0.5, 0.6) is 0 Å². The van der Waals surface area contributed by atoms with Crippen molar-refractivity contribution >= 4 is 34.8 Å². The van der Waals surface area contributed by atoms with Gasteiger partial charge in [0.1, 0.15) is 17.6 Å². The molecule has 6 nitrogen and oxygen atoms in total. The monoisotopic (exact) mass is 451 g/mol. The van der Waals surface area contributed by atoms with Crippen molar-refractivity contribution in [3.63, 3.8) is 0 Å². The number of alkyl halides is 2. The summed E-state index contributed by atoms with van der Waals surface area (Å²) in [6.07, 6.45) is -0.0869. The SMILES string of the molecule is Cn1cc(C(=O)C(=O)CC2(C)CC(F)(F)C2)c(Cl)c1C(=O)Nc1ccc(F)c(C#N)c1. The predicted molar refractivity (Wildman–Crippen MR) is 106 cm³/mol. The van der Waals surface area contributed by atoms with E-state index in [1.165, 1.54) is 30.8 Å². The van der Waals surface area contributed by atoms with E-state index in [1.54, 1.807) is 6.07 Å². The Morgan fingerprint density at radius 3 is 2.52 bits per heavy atom. The smallest absolute Gasteiger partial charge is 0.273 e. The van der Waals surface area contributed by atoms with E-state index in [0.29, 0.717) is 0 Å². The van der Waals surface area contributed by atoms with Gasteiger partial charge in [0.15, 0.2) is 0 Å². The zero-order valence-corrected chi connectivity index (χ0v) is 17.3. The Kier molecular flexibility index (Phi) is 5.72. The van der Waals surface area contributed by atoms with Gasteiger partial charge in [0.25, 0.3) is 5.91 Å². The van der Waals surface area contributed by atoms with Crippen molar-refractivity contribution in [2.45, 2.75) is 32.1 Å². The molecule has 0 unspecified atom stereocenters. The maximum atomic E-state index is 13.4. The number of anilines is 1. The summed E-state index contributed by atoms with van der Waals surface area (Å²) in [6, 6.07) is 5.04. The van der Waals surface area contributed by atoms with Crippen LogP contribution in [0.4, 0.5) is 18.9 Å². The molecule has 0 aliphatic heterocycles. The van der Waals surface area contributed by atoms with E-state index in [9.17, 15) is 27.6 Å². The van der Waals surface area contributed by atoms with Gasteiger partial charge in [-0.2, -0.15) is 5.26 Å². The third-order valence-corrected chi connectivity index (χ3v) is 5.52. The molecule has 31 heavy (non-hydrogen) atoms. The van der Waals surface area contributed by atoms with E-state index in [4.69, 9.17) is 16.9 Å². The molecular formula is C21H17ClF3N3O3. The summed E-state index contributed by atoms with van der Waals surface area (Å²) in [4.78, 5) is 37.6. The van der Waals surface area contributed by atoms with Crippen molar-refractivity contribution in [2.75, 3.05) is 5.32 Å². The average Bonchev–Trinajstić information content (AvgIpc) is 2.94. The predicted octanol–water partition coefficient (Wildman–Crippen LogP) is 4.52. The summed E-state index contributed by atoms with van der Waals surface area (Å²) < 4.78 is 41.0. The van der Waals surface area contributed by atoms with Crippen molar-refractivity contribution in [2.24, 2.45) is 12.5 Å². The molecule has 1 aliphatic carbocycles. The Labute approximate surface area is 180 Å². The number of nitrogens with one attached hydrogen (secondary N) is 1. The van der Waals surface area contributed by atoms with Gasteiger partial charge in [-0.15, -0.1) is 0 Å². The van der Waals surface area contributed by atoms with E-state index in [-0.39, 0.29) is 34.0 Å².